The fraction of sp³-hybridized carbons (Fsp3) is 0.636. The van der Waals surface area contributed by atoms with Crippen molar-refractivity contribution in [3.8, 4) is 0 Å². The number of nitrogens with zero attached hydrogens (tertiary/aromatic N) is 3. The lowest BCUT2D eigenvalue weighted by Crippen LogP contribution is -2.41. The van der Waals surface area contributed by atoms with Crippen LogP contribution in [-0.4, -0.2) is 59.8 Å². The molecule has 2 rings (SSSR count). The number of rotatable bonds is 5. The van der Waals surface area contributed by atoms with Gasteiger partial charge in [0, 0.05) is 38.6 Å². The number of ether oxygens (including phenoxy) is 1. The smallest absolute Gasteiger partial charge is 0.240 e. The summed E-state index contributed by atoms with van der Waals surface area (Å²) >= 11 is 5.79. The van der Waals surface area contributed by atoms with Crippen molar-refractivity contribution in [3.63, 3.8) is 0 Å². The lowest BCUT2D eigenvalue weighted by Gasteiger charge is -2.26. The average molecular weight is 273 g/mol. The lowest BCUT2D eigenvalue weighted by molar-refractivity contribution is -0.121. The number of halogens is 1. The molecule has 1 aromatic heterocycles. The summed E-state index contributed by atoms with van der Waals surface area (Å²) in [5.74, 6) is -0.0526. The summed E-state index contributed by atoms with van der Waals surface area (Å²) in [6.45, 7) is 5.13. The molecule has 0 atom stereocenters. The molecule has 100 valence electrons. The molecule has 0 aliphatic carbocycles. The fourth-order valence-electron chi connectivity index (χ4n) is 1.82. The fourth-order valence-corrected chi connectivity index (χ4v) is 1.99. The van der Waals surface area contributed by atoms with E-state index in [2.05, 4.69) is 15.2 Å². The molecule has 0 bridgehead atoms. The summed E-state index contributed by atoms with van der Waals surface area (Å²) < 4.78 is 6.86. The number of imidazole rings is 1. The monoisotopic (exact) mass is 272 g/mol. The summed E-state index contributed by atoms with van der Waals surface area (Å²) in [4.78, 5) is 17.8. The summed E-state index contributed by atoms with van der Waals surface area (Å²) in [6.07, 6.45) is 3.26. The van der Waals surface area contributed by atoms with Crippen LogP contribution in [0.5, 0.6) is 0 Å². The molecule has 0 unspecified atom stereocenters. The predicted octanol–water partition coefficient (Wildman–Crippen LogP) is -0.0151. The van der Waals surface area contributed by atoms with Crippen molar-refractivity contribution < 1.29 is 9.53 Å². The summed E-state index contributed by atoms with van der Waals surface area (Å²) in [6, 6.07) is 0. The van der Waals surface area contributed by atoms with Crippen molar-refractivity contribution in [3.05, 3.63) is 17.7 Å². The molecule has 1 aliphatic rings. The molecule has 1 saturated heterocycles. The number of morpholine rings is 1. The van der Waals surface area contributed by atoms with E-state index in [0.29, 0.717) is 11.8 Å². The molecule has 18 heavy (non-hydrogen) atoms. The number of hydrogen-bond donors (Lipinski definition) is 1. The molecule has 1 fully saturated rings. The van der Waals surface area contributed by atoms with E-state index in [-0.39, 0.29) is 12.5 Å². The van der Waals surface area contributed by atoms with Crippen molar-refractivity contribution >= 4 is 17.5 Å². The molecular weight excluding hydrogens is 256 g/mol. The van der Waals surface area contributed by atoms with Crippen LogP contribution in [0.2, 0.25) is 5.28 Å². The first-order chi connectivity index (χ1) is 8.75. The van der Waals surface area contributed by atoms with E-state index in [1.165, 1.54) is 0 Å². The third kappa shape index (κ3) is 3.97. The normalized spacial score (nSPS) is 16.7. The highest BCUT2D eigenvalue weighted by Crippen LogP contribution is 2.03. The first-order valence-electron chi connectivity index (χ1n) is 5.99. The van der Waals surface area contributed by atoms with Gasteiger partial charge >= 0.3 is 0 Å². The van der Waals surface area contributed by atoms with Crippen LogP contribution in [0.3, 0.4) is 0 Å². The standard InChI is InChI=1S/C11H17ClN4O2/c12-11-14-2-4-16(11)9-10(17)13-1-3-15-5-7-18-8-6-15/h2,4H,1,3,5-9H2,(H,13,17). The van der Waals surface area contributed by atoms with Crippen LogP contribution in [0.15, 0.2) is 12.4 Å². The zero-order chi connectivity index (χ0) is 12.8. The summed E-state index contributed by atoms with van der Waals surface area (Å²) in [5, 5.41) is 3.20. The number of carbonyl (C=O) groups excluding carboxylic acids is 1. The molecule has 1 amide bonds. The Morgan fingerprint density at radius 1 is 1.50 bits per heavy atom. The van der Waals surface area contributed by atoms with Gasteiger partial charge in [0.15, 0.2) is 0 Å². The lowest BCUT2D eigenvalue weighted by atomic mass is 10.4. The Kier molecular flexibility index (Phi) is 4.98. The molecule has 0 aromatic carbocycles. The quantitative estimate of drug-likeness (QED) is 0.819. The van der Waals surface area contributed by atoms with Crippen molar-refractivity contribution in [2.45, 2.75) is 6.54 Å². The van der Waals surface area contributed by atoms with E-state index in [4.69, 9.17) is 16.3 Å². The number of hydrogen-bond acceptors (Lipinski definition) is 4. The third-order valence-electron chi connectivity index (χ3n) is 2.83. The van der Waals surface area contributed by atoms with Crippen molar-refractivity contribution in [1.29, 1.82) is 0 Å². The second-order valence-corrected chi connectivity index (χ2v) is 4.47. The minimum absolute atomic E-state index is 0.0526. The molecule has 7 heteroatoms. The Balaban J connectivity index is 1.64. The maximum absolute atomic E-state index is 11.6. The molecule has 1 aliphatic heterocycles. The van der Waals surface area contributed by atoms with Crippen molar-refractivity contribution in [2.75, 3.05) is 39.4 Å². The molecular formula is C11H17ClN4O2. The first kappa shape index (κ1) is 13.3. The van der Waals surface area contributed by atoms with Crippen LogP contribution in [0.1, 0.15) is 0 Å². The van der Waals surface area contributed by atoms with Gasteiger partial charge in [-0.05, 0) is 11.6 Å². The van der Waals surface area contributed by atoms with Gasteiger partial charge in [0.25, 0.3) is 0 Å². The molecule has 0 spiro atoms. The number of aromatic nitrogens is 2. The molecule has 0 saturated carbocycles. The Hall–Kier alpha value is -1.11. The highest BCUT2D eigenvalue weighted by Gasteiger charge is 2.10. The highest BCUT2D eigenvalue weighted by atomic mass is 35.5. The number of carbonyl (C=O) groups is 1. The summed E-state index contributed by atoms with van der Waals surface area (Å²) in [5.41, 5.74) is 0. The Morgan fingerprint density at radius 2 is 2.28 bits per heavy atom. The van der Waals surface area contributed by atoms with Gasteiger partial charge in [0.05, 0.1) is 13.2 Å². The zero-order valence-electron chi connectivity index (χ0n) is 10.1. The predicted molar refractivity (Wildman–Crippen MR) is 67.5 cm³/mol. The molecule has 1 aromatic rings. The topological polar surface area (TPSA) is 59.4 Å². The van der Waals surface area contributed by atoms with E-state index < -0.39 is 0 Å². The minimum atomic E-state index is -0.0526. The molecule has 0 radical (unpaired) electrons. The van der Waals surface area contributed by atoms with Crippen LogP contribution in [0.4, 0.5) is 0 Å². The second kappa shape index (κ2) is 6.72. The van der Waals surface area contributed by atoms with Gasteiger partial charge in [-0.3, -0.25) is 9.69 Å². The van der Waals surface area contributed by atoms with Gasteiger partial charge in [-0.15, -0.1) is 0 Å². The van der Waals surface area contributed by atoms with E-state index in [9.17, 15) is 4.79 Å². The van der Waals surface area contributed by atoms with Crippen LogP contribution >= 0.6 is 11.6 Å². The van der Waals surface area contributed by atoms with Gasteiger partial charge in [0.2, 0.25) is 11.2 Å². The maximum atomic E-state index is 11.6. The van der Waals surface area contributed by atoms with Crippen molar-refractivity contribution in [1.82, 2.24) is 19.8 Å². The molecule has 2 heterocycles. The van der Waals surface area contributed by atoms with E-state index in [1.54, 1.807) is 17.0 Å². The van der Waals surface area contributed by atoms with Crippen LogP contribution in [0, 0.1) is 0 Å². The summed E-state index contributed by atoms with van der Waals surface area (Å²) in [7, 11) is 0. The van der Waals surface area contributed by atoms with E-state index in [1.807, 2.05) is 0 Å². The Bertz CT molecular complexity index is 390. The average Bonchev–Trinajstić information content (AvgIpc) is 2.76. The number of nitrogens with one attached hydrogen (secondary N) is 1. The van der Waals surface area contributed by atoms with Crippen LogP contribution in [0.25, 0.3) is 0 Å². The molecule has 1 N–H and O–H groups in total. The van der Waals surface area contributed by atoms with Gasteiger partial charge in [0.1, 0.15) is 6.54 Å². The largest absolute Gasteiger partial charge is 0.379 e. The SMILES string of the molecule is O=C(Cn1ccnc1Cl)NCCN1CCOCC1. The highest BCUT2D eigenvalue weighted by molar-refractivity contribution is 6.28. The van der Waals surface area contributed by atoms with Gasteiger partial charge in [-0.25, -0.2) is 4.98 Å². The Labute approximate surface area is 111 Å². The van der Waals surface area contributed by atoms with Gasteiger partial charge in [-0.1, -0.05) is 0 Å². The third-order valence-corrected chi connectivity index (χ3v) is 3.15. The zero-order valence-corrected chi connectivity index (χ0v) is 10.9. The maximum Gasteiger partial charge on any atom is 0.240 e. The second-order valence-electron chi connectivity index (χ2n) is 4.13. The van der Waals surface area contributed by atoms with Crippen LogP contribution in [-0.2, 0) is 16.1 Å². The van der Waals surface area contributed by atoms with E-state index in [0.717, 1.165) is 32.8 Å². The molecule has 6 nitrogen and oxygen atoms in total. The minimum Gasteiger partial charge on any atom is -0.379 e. The Morgan fingerprint density at radius 3 is 2.94 bits per heavy atom. The van der Waals surface area contributed by atoms with Crippen molar-refractivity contribution in [2.24, 2.45) is 0 Å². The van der Waals surface area contributed by atoms with Gasteiger partial charge < -0.3 is 14.6 Å². The van der Waals surface area contributed by atoms with E-state index >= 15 is 0 Å². The van der Waals surface area contributed by atoms with Gasteiger partial charge in [-0.2, -0.15) is 0 Å². The van der Waals surface area contributed by atoms with Crippen LogP contribution < -0.4 is 5.32 Å². The first-order valence-corrected chi connectivity index (χ1v) is 6.37. The number of amides is 1.